The molecule has 1 aliphatic rings. The van der Waals surface area contributed by atoms with Crippen LogP contribution in [0.3, 0.4) is 0 Å². The fourth-order valence-corrected chi connectivity index (χ4v) is 5.03. The van der Waals surface area contributed by atoms with E-state index in [-0.39, 0.29) is 30.4 Å². The number of rotatable bonds is 5. The second-order valence-corrected chi connectivity index (χ2v) is 9.15. The maximum absolute atomic E-state index is 13.1. The molecule has 3 aromatic carbocycles. The lowest BCUT2D eigenvalue weighted by atomic mass is 10.1. The molecule has 0 bridgehead atoms. The Balaban J connectivity index is 1.35. The van der Waals surface area contributed by atoms with E-state index in [2.05, 4.69) is 5.32 Å². The molecule has 30 heavy (non-hydrogen) atoms. The molecule has 156 valence electrons. The lowest BCUT2D eigenvalue weighted by molar-refractivity contribution is -0.117. The molecule has 1 N–H and O–H groups in total. The zero-order chi connectivity index (χ0) is 21.1. The number of sulfonamides is 1. The van der Waals surface area contributed by atoms with E-state index in [1.54, 1.807) is 0 Å². The Morgan fingerprint density at radius 3 is 2.30 bits per heavy atom. The van der Waals surface area contributed by atoms with Crippen LogP contribution in [0, 0.1) is 5.82 Å². The molecule has 0 spiro atoms. The smallest absolute Gasteiger partial charge is 0.243 e. The Morgan fingerprint density at radius 1 is 0.900 bits per heavy atom. The first-order valence-electron chi connectivity index (χ1n) is 9.69. The quantitative estimate of drug-likeness (QED) is 0.680. The maximum atomic E-state index is 13.1. The predicted octanol–water partition coefficient (Wildman–Crippen LogP) is 2.92. The van der Waals surface area contributed by atoms with Crippen molar-refractivity contribution in [2.75, 3.05) is 38.0 Å². The van der Waals surface area contributed by atoms with Gasteiger partial charge in [0.25, 0.3) is 0 Å². The summed E-state index contributed by atoms with van der Waals surface area (Å²) < 4.78 is 39.9. The van der Waals surface area contributed by atoms with Gasteiger partial charge in [0.15, 0.2) is 0 Å². The Labute approximate surface area is 175 Å². The number of hydrogen-bond donors (Lipinski definition) is 1. The number of carbonyl (C=O) groups excluding carboxylic acids is 1. The standard InChI is InChI=1S/C22H22FN3O3S/c23-18-8-10-19(11-9-18)30(28,29)26-14-12-25(13-15-26)16-22(27)24-21-7-3-5-17-4-1-2-6-20(17)21/h1-11H,12-16H2,(H,24,27). The molecule has 1 fully saturated rings. The molecular formula is C22H22FN3O3S. The minimum absolute atomic E-state index is 0.0750. The Bertz CT molecular complexity index is 1150. The molecule has 0 unspecified atom stereocenters. The van der Waals surface area contributed by atoms with Gasteiger partial charge in [-0.2, -0.15) is 4.31 Å². The summed E-state index contributed by atoms with van der Waals surface area (Å²) in [5, 5.41) is 4.98. The highest BCUT2D eigenvalue weighted by atomic mass is 32.2. The van der Waals surface area contributed by atoms with Crippen LogP contribution in [0.2, 0.25) is 0 Å². The number of fused-ring (bicyclic) bond motifs is 1. The van der Waals surface area contributed by atoms with E-state index in [0.29, 0.717) is 13.1 Å². The SMILES string of the molecule is O=C(CN1CCN(S(=O)(=O)c2ccc(F)cc2)CC1)Nc1cccc2ccccc12. The molecule has 0 radical (unpaired) electrons. The summed E-state index contributed by atoms with van der Waals surface area (Å²) in [6, 6.07) is 18.4. The fourth-order valence-electron chi connectivity index (χ4n) is 3.61. The van der Waals surface area contributed by atoms with Crippen LogP contribution in [0.5, 0.6) is 0 Å². The zero-order valence-electron chi connectivity index (χ0n) is 16.3. The Kier molecular flexibility index (Phi) is 5.80. The van der Waals surface area contributed by atoms with Crippen molar-refractivity contribution in [1.82, 2.24) is 9.21 Å². The second-order valence-electron chi connectivity index (χ2n) is 7.21. The second kappa shape index (κ2) is 8.51. The molecule has 0 saturated carbocycles. The van der Waals surface area contributed by atoms with Gasteiger partial charge in [-0.1, -0.05) is 36.4 Å². The van der Waals surface area contributed by atoms with Crippen molar-refractivity contribution in [3.05, 3.63) is 72.5 Å². The third kappa shape index (κ3) is 4.35. The summed E-state index contributed by atoms with van der Waals surface area (Å²) in [5.41, 5.74) is 0.760. The van der Waals surface area contributed by atoms with E-state index in [9.17, 15) is 17.6 Å². The molecule has 0 aliphatic carbocycles. The summed E-state index contributed by atoms with van der Waals surface area (Å²) in [4.78, 5) is 14.5. The van der Waals surface area contributed by atoms with E-state index >= 15 is 0 Å². The first-order valence-corrected chi connectivity index (χ1v) is 11.1. The van der Waals surface area contributed by atoms with E-state index in [4.69, 9.17) is 0 Å². The number of carbonyl (C=O) groups is 1. The molecule has 1 heterocycles. The molecular weight excluding hydrogens is 405 g/mol. The van der Waals surface area contributed by atoms with Gasteiger partial charge in [-0.3, -0.25) is 9.69 Å². The number of anilines is 1. The third-order valence-corrected chi connectivity index (χ3v) is 7.13. The van der Waals surface area contributed by atoms with Gasteiger partial charge in [0.1, 0.15) is 5.82 Å². The third-order valence-electron chi connectivity index (χ3n) is 5.21. The van der Waals surface area contributed by atoms with Crippen LogP contribution in [0.1, 0.15) is 0 Å². The van der Waals surface area contributed by atoms with Gasteiger partial charge >= 0.3 is 0 Å². The Hall–Kier alpha value is -2.81. The van der Waals surface area contributed by atoms with Crippen LogP contribution >= 0.6 is 0 Å². The lowest BCUT2D eigenvalue weighted by Crippen LogP contribution is -2.50. The topological polar surface area (TPSA) is 69.7 Å². The van der Waals surface area contributed by atoms with Gasteiger partial charge < -0.3 is 5.32 Å². The maximum Gasteiger partial charge on any atom is 0.243 e. The molecule has 1 amide bonds. The van der Waals surface area contributed by atoms with Crippen molar-refractivity contribution in [1.29, 1.82) is 0 Å². The number of hydrogen-bond acceptors (Lipinski definition) is 4. The van der Waals surface area contributed by atoms with Crippen LogP contribution in [-0.2, 0) is 14.8 Å². The van der Waals surface area contributed by atoms with E-state index in [1.165, 1.54) is 16.4 Å². The van der Waals surface area contributed by atoms with Crippen molar-refractivity contribution in [2.24, 2.45) is 0 Å². The largest absolute Gasteiger partial charge is 0.324 e. The molecule has 6 nitrogen and oxygen atoms in total. The van der Waals surface area contributed by atoms with Gasteiger partial charge in [0.05, 0.1) is 11.4 Å². The summed E-state index contributed by atoms with van der Waals surface area (Å²) in [6.45, 7) is 1.64. The number of amides is 1. The van der Waals surface area contributed by atoms with Gasteiger partial charge in [0, 0.05) is 37.3 Å². The number of nitrogens with one attached hydrogen (secondary N) is 1. The van der Waals surface area contributed by atoms with Crippen LogP contribution in [0.25, 0.3) is 10.8 Å². The first-order chi connectivity index (χ1) is 14.4. The number of halogens is 1. The summed E-state index contributed by atoms with van der Waals surface area (Å²) in [5.74, 6) is -0.614. The Morgan fingerprint density at radius 2 is 1.57 bits per heavy atom. The molecule has 0 atom stereocenters. The molecule has 3 aromatic rings. The van der Waals surface area contributed by atoms with E-state index < -0.39 is 15.8 Å². The molecule has 1 aliphatic heterocycles. The summed E-state index contributed by atoms with van der Waals surface area (Å²) in [6.07, 6.45) is 0. The number of piperazine rings is 1. The van der Waals surface area contributed by atoms with Crippen molar-refractivity contribution < 1.29 is 17.6 Å². The van der Waals surface area contributed by atoms with Crippen LogP contribution in [-0.4, -0.2) is 56.3 Å². The van der Waals surface area contributed by atoms with Crippen molar-refractivity contribution in [3.8, 4) is 0 Å². The average molecular weight is 428 g/mol. The minimum Gasteiger partial charge on any atom is -0.324 e. The minimum atomic E-state index is -3.66. The molecule has 1 saturated heterocycles. The van der Waals surface area contributed by atoms with Crippen molar-refractivity contribution in [2.45, 2.75) is 4.90 Å². The normalized spacial score (nSPS) is 15.9. The van der Waals surface area contributed by atoms with Crippen molar-refractivity contribution >= 4 is 32.4 Å². The monoisotopic (exact) mass is 427 g/mol. The fraction of sp³-hybridized carbons (Fsp3) is 0.227. The highest BCUT2D eigenvalue weighted by Gasteiger charge is 2.29. The average Bonchev–Trinajstić information content (AvgIpc) is 2.75. The summed E-state index contributed by atoms with van der Waals surface area (Å²) >= 11 is 0. The summed E-state index contributed by atoms with van der Waals surface area (Å²) in [7, 11) is -3.66. The van der Waals surface area contributed by atoms with Gasteiger partial charge in [-0.05, 0) is 35.7 Å². The number of nitrogens with zero attached hydrogens (tertiary/aromatic N) is 2. The zero-order valence-corrected chi connectivity index (χ0v) is 17.1. The van der Waals surface area contributed by atoms with E-state index in [1.807, 2.05) is 47.4 Å². The van der Waals surface area contributed by atoms with Gasteiger partial charge in [0.2, 0.25) is 15.9 Å². The van der Waals surface area contributed by atoms with Crippen LogP contribution in [0.4, 0.5) is 10.1 Å². The highest BCUT2D eigenvalue weighted by Crippen LogP contribution is 2.23. The predicted molar refractivity (Wildman–Crippen MR) is 114 cm³/mol. The van der Waals surface area contributed by atoms with Crippen LogP contribution < -0.4 is 5.32 Å². The van der Waals surface area contributed by atoms with Gasteiger partial charge in [-0.25, -0.2) is 12.8 Å². The van der Waals surface area contributed by atoms with Gasteiger partial charge in [-0.15, -0.1) is 0 Å². The molecule has 8 heteroatoms. The van der Waals surface area contributed by atoms with Crippen LogP contribution in [0.15, 0.2) is 71.6 Å². The highest BCUT2D eigenvalue weighted by molar-refractivity contribution is 7.89. The first kappa shape index (κ1) is 20.5. The van der Waals surface area contributed by atoms with E-state index in [0.717, 1.165) is 28.6 Å². The lowest BCUT2D eigenvalue weighted by Gasteiger charge is -2.33. The van der Waals surface area contributed by atoms with Crippen molar-refractivity contribution in [3.63, 3.8) is 0 Å². The molecule has 4 rings (SSSR count). The molecule has 0 aromatic heterocycles. The number of benzene rings is 3.